The number of anilines is 1. The van der Waals surface area contributed by atoms with Crippen LogP contribution >= 0.6 is 0 Å². The summed E-state index contributed by atoms with van der Waals surface area (Å²) in [5, 5.41) is 3.30. The van der Waals surface area contributed by atoms with E-state index in [1.165, 1.54) is 7.11 Å². The van der Waals surface area contributed by atoms with Crippen molar-refractivity contribution in [2.45, 2.75) is 24.5 Å². The first-order valence-electron chi connectivity index (χ1n) is 10.2. The predicted molar refractivity (Wildman–Crippen MR) is 111 cm³/mol. The molecule has 31 heavy (non-hydrogen) atoms. The van der Waals surface area contributed by atoms with Crippen LogP contribution in [0.3, 0.4) is 0 Å². The van der Waals surface area contributed by atoms with Gasteiger partial charge in [0.05, 0.1) is 19.6 Å². The highest BCUT2D eigenvalue weighted by atomic mass is 16.5. The van der Waals surface area contributed by atoms with Crippen LogP contribution in [-0.4, -0.2) is 54.6 Å². The molecule has 0 bridgehead atoms. The highest BCUT2D eigenvalue weighted by Gasteiger charge is 2.70. The average Bonchev–Trinajstić information content (AvgIpc) is 3.23. The number of piperidine rings is 1. The van der Waals surface area contributed by atoms with Crippen LogP contribution in [0.25, 0.3) is 0 Å². The van der Waals surface area contributed by atoms with Gasteiger partial charge >= 0.3 is 6.09 Å². The van der Waals surface area contributed by atoms with Gasteiger partial charge in [-0.2, -0.15) is 0 Å². The van der Waals surface area contributed by atoms with E-state index in [9.17, 15) is 14.4 Å². The Morgan fingerprint density at radius 2 is 1.87 bits per heavy atom. The Balaban J connectivity index is 1.61. The van der Waals surface area contributed by atoms with Gasteiger partial charge in [0.1, 0.15) is 17.8 Å². The van der Waals surface area contributed by atoms with Gasteiger partial charge in [0.15, 0.2) is 0 Å². The van der Waals surface area contributed by atoms with E-state index in [1.807, 2.05) is 48.5 Å². The molecule has 2 aromatic rings. The Hall–Kier alpha value is -3.55. The maximum absolute atomic E-state index is 13.7. The lowest BCUT2D eigenvalue weighted by atomic mass is 9.66. The van der Waals surface area contributed by atoms with Gasteiger partial charge in [-0.25, -0.2) is 9.69 Å². The topological polar surface area (TPSA) is 88.2 Å². The van der Waals surface area contributed by atoms with E-state index in [2.05, 4.69) is 5.32 Å². The number of nitrogens with zero attached hydrogens (tertiary/aromatic N) is 2. The van der Waals surface area contributed by atoms with Crippen LogP contribution in [0.2, 0.25) is 0 Å². The zero-order chi connectivity index (χ0) is 21.8. The number of ether oxygens (including phenoxy) is 2. The van der Waals surface area contributed by atoms with Crippen molar-refractivity contribution >= 4 is 23.6 Å². The van der Waals surface area contributed by atoms with Gasteiger partial charge in [-0.15, -0.1) is 0 Å². The molecular weight excluding hydrogens is 398 g/mol. The maximum atomic E-state index is 13.7. The molecule has 3 heterocycles. The first-order chi connectivity index (χ1) is 15.0. The van der Waals surface area contributed by atoms with Gasteiger partial charge in [-0.1, -0.05) is 36.4 Å². The van der Waals surface area contributed by atoms with Crippen molar-refractivity contribution in [2.24, 2.45) is 5.92 Å². The highest BCUT2D eigenvalue weighted by molar-refractivity contribution is 6.11. The monoisotopic (exact) mass is 421 g/mol. The van der Waals surface area contributed by atoms with E-state index in [4.69, 9.17) is 9.47 Å². The number of benzene rings is 2. The molecule has 2 aromatic carbocycles. The SMILES string of the molecule is COC(=O)N1C(=O)[C@@H]2C(=O)N(Cc3ccccc3)CC[C@@]23c2c(cccc2OC)N[C@@H]13. The number of carbonyl (C=O) groups excluding carboxylic acids is 3. The highest BCUT2D eigenvalue weighted by Crippen LogP contribution is 2.59. The summed E-state index contributed by atoms with van der Waals surface area (Å²) >= 11 is 0. The first-order valence-corrected chi connectivity index (χ1v) is 10.2. The molecule has 5 rings (SSSR count). The predicted octanol–water partition coefficient (Wildman–Crippen LogP) is 2.34. The van der Waals surface area contributed by atoms with Crippen LogP contribution in [0.1, 0.15) is 17.5 Å². The molecule has 3 aliphatic heterocycles. The molecular formula is C23H23N3O5. The van der Waals surface area contributed by atoms with Crippen LogP contribution < -0.4 is 10.1 Å². The largest absolute Gasteiger partial charge is 0.496 e. The van der Waals surface area contributed by atoms with Gasteiger partial charge in [0, 0.05) is 24.3 Å². The normalized spacial score (nSPS) is 26.1. The lowest BCUT2D eigenvalue weighted by molar-refractivity contribution is -0.147. The molecule has 0 aromatic heterocycles. The lowest BCUT2D eigenvalue weighted by Gasteiger charge is -2.42. The number of nitrogens with one attached hydrogen (secondary N) is 1. The molecule has 2 saturated heterocycles. The number of rotatable bonds is 3. The number of hydrogen-bond acceptors (Lipinski definition) is 6. The smallest absolute Gasteiger partial charge is 0.418 e. The maximum Gasteiger partial charge on any atom is 0.418 e. The molecule has 0 aliphatic carbocycles. The van der Waals surface area contributed by atoms with Crippen LogP contribution in [0.5, 0.6) is 5.75 Å². The molecule has 8 heteroatoms. The average molecular weight is 421 g/mol. The zero-order valence-electron chi connectivity index (χ0n) is 17.3. The van der Waals surface area contributed by atoms with Crippen molar-refractivity contribution in [1.82, 2.24) is 9.80 Å². The summed E-state index contributed by atoms with van der Waals surface area (Å²) in [6.07, 6.45) is -0.961. The quantitative estimate of drug-likeness (QED) is 0.766. The van der Waals surface area contributed by atoms with E-state index in [-0.39, 0.29) is 5.91 Å². The van der Waals surface area contributed by atoms with E-state index < -0.39 is 29.5 Å². The van der Waals surface area contributed by atoms with Crippen molar-refractivity contribution in [3.8, 4) is 5.75 Å². The molecule has 0 unspecified atom stereocenters. The Bertz CT molecular complexity index is 1070. The number of imide groups is 1. The minimum Gasteiger partial charge on any atom is -0.496 e. The number of likely N-dealkylation sites (tertiary alicyclic amines) is 2. The molecule has 3 amide bonds. The van der Waals surface area contributed by atoms with Gasteiger partial charge in [-0.3, -0.25) is 9.59 Å². The number of hydrogen-bond donors (Lipinski definition) is 1. The number of methoxy groups -OCH3 is 2. The Kier molecular flexibility index (Phi) is 4.39. The molecule has 1 N–H and O–H groups in total. The second-order valence-corrected chi connectivity index (χ2v) is 8.08. The molecule has 0 radical (unpaired) electrons. The summed E-state index contributed by atoms with van der Waals surface area (Å²) < 4.78 is 10.5. The second-order valence-electron chi connectivity index (χ2n) is 8.08. The van der Waals surface area contributed by atoms with Crippen LogP contribution in [0.4, 0.5) is 10.5 Å². The van der Waals surface area contributed by atoms with Crippen molar-refractivity contribution < 1.29 is 23.9 Å². The second kappa shape index (κ2) is 7.01. The van der Waals surface area contributed by atoms with Gasteiger partial charge in [0.25, 0.3) is 0 Å². The fraction of sp³-hybridized carbons (Fsp3) is 0.348. The van der Waals surface area contributed by atoms with Crippen molar-refractivity contribution in [1.29, 1.82) is 0 Å². The third-order valence-corrected chi connectivity index (χ3v) is 6.69. The summed E-state index contributed by atoms with van der Waals surface area (Å²) in [6.45, 7) is 0.872. The Morgan fingerprint density at radius 3 is 2.58 bits per heavy atom. The van der Waals surface area contributed by atoms with E-state index in [1.54, 1.807) is 12.0 Å². The summed E-state index contributed by atoms with van der Waals surface area (Å²) in [6, 6.07) is 15.2. The standard InChI is InChI=1S/C23H23N3O5/c1-30-16-10-6-9-15-17(16)23-11-12-25(13-14-7-4-3-5-8-14)19(27)18(23)20(28)26(21(23)24-15)22(29)31-2/h3-10,18,21,24H,11-13H2,1-2H3/t18-,21-,23+/m0/s1. The molecule has 0 saturated carbocycles. The fourth-order valence-electron chi connectivity index (χ4n) is 5.40. The van der Waals surface area contributed by atoms with Crippen molar-refractivity contribution in [2.75, 3.05) is 26.1 Å². The number of fused-ring (bicyclic) bond motifs is 1. The van der Waals surface area contributed by atoms with Crippen molar-refractivity contribution in [3.05, 3.63) is 59.7 Å². The molecule has 1 spiro atoms. The summed E-state index contributed by atoms with van der Waals surface area (Å²) in [5.74, 6) is -1.25. The molecule has 3 atom stereocenters. The minimum atomic E-state index is -1.03. The minimum absolute atomic E-state index is 0.280. The van der Waals surface area contributed by atoms with Gasteiger partial charge in [0.2, 0.25) is 11.8 Å². The van der Waals surface area contributed by atoms with Crippen molar-refractivity contribution in [3.63, 3.8) is 0 Å². The van der Waals surface area contributed by atoms with Gasteiger partial charge in [-0.05, 0) is 24.1 Å². The summed E-state index contributed by atoms with van der Waals surface area (Å²) in [4.78, 5) is 42.5. The molecule has 3 aliphatic rings. The van der Waals surface area contributed by atoms with Gasteiger partial charge < -0.3 is 19.7 Å². The molecule has 160 valence electrons. The molecule has 8 nitrogen and oxygen atoms in total. The third kappa shape index (κ3) is 2.57. The molecule has 2 fully saturated rings. The van der Waals surface area contributed by atoms with E-state index in [0.29, 0.717) is 25.3 Å². The fourth-order valence-corrected chi connectivity index (χ4v) is 5.40. The third-order valence-electron chi connectivity index (χ3n) is 6.69. The summed E-state index contributed by atoms with van der Waals surface area (Å²) in [5.41, 5.74) is 1.62. The lowest BCUT2D eigenvalue weighted by Crippen LogP contribution is -2.55. The number of amides is 3. The van der Waals surface area contributed by atoms with E-state index >= 15 is 0 Å². The van der Waals surface area contributed by atoms with Crippen LogP contribution in [0.15, 0.2) is 48.5 Å². The van der Waals surface area contributed by atoms with Crippen LogP contribution in [0, 0.1) is 5.92 Å². The Labute approximate surface area is 179 Å². The first kappa shape index (κ1) is 19.4. The summed E-state index contributed by atoms with van der Waals surface area (Å²) in [7, 11) is 2.80. The van der Waals surface area contributed by atoms with E-state index in [0.717, 1.165) is 21.7 Å². The number of carbonyl (C=O) groups is 3. The Morgan fingerprint density at radius 1 is 1.10 bits per heavy atom. The van der Waals surface area contributed by atoms with Crippen LogP contribution in [-0.2, 0) is 26.3 Å². The zero-order valence-corrected chi connectivity index (χ0v) is 17.3.